The first-order chi connectivity index (χ1) is 7.10. The van der Waals surface area contributed by atoms with Gasteiger partial charge in [-0.3, -0.25) is 0 Å². The lowest BCUT2D eigenvalue weighted by Gasteiger charge is -2.09. The topological polar surface area (TPSA) is 45.9 Å². The Morgan fingerprint density at radius 3 is 2.80 bits per heavy atom. The molecule has 0 unspecified atom stereocenters. The Kier molecular flexibility index (Phi) is 4.20. The number of ether oxygens (including phenoxy) is 1. The summed E-state index contributed by atoms with van der Waals surface area (Å²) in [5.41, 5.74) is 0.151. The van der Waals surface area contributed by atoms with Gasteiger partial charge in [0.25, 0.3) is 6.43 Å². The largest absolute Gasteiger partial charge is 0.480 e. The van der Waals surface area contributed by atoms with Crippen molar-refractivity contribution in [2.75, 3.05) is 7.11 Å². The van der Waals surface area contributed by atoms with Crippen LogP contribution in [-0.4, -0.2) is 12.1 Å². The van der Waals surface area contributed by atoms with E-state index >= 15 is 0 Å². The molecule has 6 heteroatoms. The number of methoxy groups -OCH3 is 1. The van der Waals surface area contributed by atoms with Crippen molar-refractivity contribution in [2.45, 2.75) is 12.8 Å². The third kappa shape index (κ3) is 2.75. The van der Waals surface area contributed by atoms with Gasteiger partial charge in [0.15, 0.2) is 0 Å². The van der Waals surface area contributed by atoms with E-state index in [2.05, 4.69) is 4.98 Å². The first-order valence-electron chi connectivity index (χ1n) is 3.98. The predicted octanol–water partition coefficient (Wildman–Crippen LogP) is 2.70. The van der Waals surface area contributed by atoms with E-state index in [1.54, 1.807) is 22.6 Å². The molecule has 0 saturated heterocycles. The second-order valence-corrected chi connectivity index (χ2v) is 3.74. The summed E-state index contributed by atoms with van der Waals surface area (Å²) in [7, 11) is 1.36. The Labute approximate surface area is 99.2 Å². The average molecular weight is 324 g/mol. The van der Waals surface area contributed by atoms with Gasteiger partial charge in [0.05, 0.1) is 28.9 Å². The van der Waals surface area contributed by atoms with Crippen LogP contribution in [0.3, 0.4) is 0 Å². The molecule has 0 radical (unpaired) electrons. The number of aromatic nitrogens is 1. The Balaban J connectivity index is 3.26. The van der Waals surface area contributed by atoms with Gasteiger partial charge < -0.3 is 4.74 Å². The lowest BCUT2D eigenvalue weighted by Crippen LogP contribution is -2.01. The molecule has 3 nitrogen and oxygen atoms in total. The first kappa shape index (κ1) is 12.1. The van der Waals surface area contributed by atoms with Crippen LogP contribution in [0.4, 0.5) is 8.78 Å². The van der Waals surface area contributed by atoms with Gasteiger partial charge in [0.1, 0.15) is 0 Å². The summed E-state index contributed by atoms with van der Waals surface area (Å²) < 4.78 is 30.3. The lowest BCUT2D eigenvalue weighted by molar-refractivity contribution is 0.149. The van der Waals surface area contributed by atoms with E-state index < -0.39 is 6.43 Å². The van der Waals surface area contributed by atoms with Crippen LogP contribution in [0.1, 0.15) is 17.7 Å². The molecule has 0 spiro atoms. The standard InChI is InChI=1S/C9H7F2IN2O/c1-15-9-7(12)6(8(10)11)4-5(14-9)2-3-13/h4,8H,2H2,1H3. The molecule has 0 amide bonds. The monoisotopic (exact) mass is 324 g/mol. The van der Waals surface area contributed by atoms with E-state index in [4.69, 9.17) is 10.00 Å². The smallest absolute Gasteiger partial charge is 0.265 e. The summed E-state index contributed by atoms with van der Waals surface area (Å²) in [4.78, 5) is 3.94. The SMILES string of the molecule is COc1nc(CC#N)cc(C(F)F)c1I. The molecule has 0 aromatic carbocycles. The van der Waals surface area contributed by atoms with Crippen LogP contribution in [0.15, 0.2) is 6.07 Å². The molecular weight excluding hydrogens is 317 g/mol. The maximum atomic E-state index is 12.6. The fraction of sp³-hybridized carbons (Fsp3) is 0.333. The highest BCUT2D eigenvalue weighted by molar-refractivity contribution is 14.1. The van der Waals surface area contributed by atoms with Crippen LogP contribution in [0.25, 0.3) is 0 Å². The zero-order valence-corrected chi connectivity index (χ0v) is 9.96. The highest BCUT2D eigenvalue weighted by atomic mass is 127. The van der Waals surface area contributed by atoms with Gasteiger partial charge >= 0.3 is 0 Å². The summed E-state index contributed by atoms with van der Waals surface area (Å²) in [6, 6.07) is 3.09. The van der Waals surface area contributed by atoms with Gasteiger partial charge in [0.2, 0.25) is 5.88 Å². The minimum Gasteiger partial charge on any atom is -0.480 e. The third-order valence-electron chi connectivity index (χ3n) is 1.70. The van der Waals surface area contributed by atoms with Crippen LogP contribution in [0.5, 0.6) is 5.88 Å². The summed E-state index contributed by atoms with van der Waals surface area (Å²) in [6.07, 6.45) is -2.60. The Bertz CT molecular complexity index is 404. The number of halogens is 3. The van der Waals surface area contributed by atoms with Crippen LogP contribution >= 0.6 is 22.6 Å². The van der Waals surface area contributed by atoms with Crippen LogP contribution in [0, 0.1) is 14.9 Å². The first-order valence-corrected chi connectivity index (χ1v) is 5.06. The molecule has 0 aliphatic rings. The quantitative estimate of drug-likeness (QED) is 0.803. The van der Waals surface area contributed by atoms with Crippen LogP contribution in [-0.2, 0) is 6.42 Å². The van der Waals surface area contributed by atoms with Crippen molar-refractivity contribution in [1.82, 2.24) is 4.98 Å². The van der Waals surface area contributed by atoms with Crippen molar-refractivity contribution in [3.8, 4) is 11.9 Å². The molecule has 0 fully saturated rings. The molecule has 0 bridgehead atoms. The molecule has 0 aliphatic heterocycles. The molecule has 0 saturated carbocycles. The fourth-order valence-electron chi connectivity index (χ4n) is 1.04. The lowest BCUT2D eigenvalue weighted by atomic mass is 10.2. The fourth-order valence-corrected chi connectivity index (χ4v) is 1.78. The van der Waals surface area contributed by atoms with E-state index in [0.29, 0.717) is 5.69 Å². The Hall–Kier alpha value is -0.970. The highest BCUT2D eigenvalue weighted by Gasteiger charge is 2.17. The van der Waals surface area contributed by atoms with Crippen molar-refractivity contribution >= 4 is 22.6 Å². The van der Waals surface area contributed by atoms with Crippen molar-refractivity contribution in [3.05, 3.63) is 20.9 Å². The van der Waals surface area contributed by atoms with Gasteiger partial charge in [-0.05, 0) is 28.7 Å². The van der Waals surface area contributed by atoms with E-state index in [9.17, 15) is 8.78 Å². The van der Waals surface area contributed by atoms with Crippen LogP contribution < -0.4 is 4.74 Å². The molecule has 15 heavy (non-hydrogen) atoms. The highest BCUT2D eigenvalue weighted by Crippen LogP contribution is 2.30. The number of rotatable bonds is 3. The normalized spacial score (nSPS) is 10.1. The second-order valence-electron chi connectivity index (χ2n) is 2.66. The van der Waals surface area contributed by atoms with E-state index in [-0.39, 0.29) is 21.4 Å². The minimum absolute atomic E-state index is 0.00694. The Morgan fingerprint density at radius 2 is 2.33 bits per heavy atom. The second kappa shape index (κ2) is 5.21. The summed E-state index contributed by atoms with van der Waals surface area (Å²) in [6.45, 7) is 0. The number of nitrogens with zero attached hydrogens (tertiary/aromatic N) is 2. The maximum absolute atomic E-state index is 12.6. The van der Waals surface area contributed by atoms with Gasteiger partial charge in [0, 0.05) is 5.56 Å². The van der Waals surface area contributed by atoms with Crippen molar-refractivity contribution in [3.63, 3.8) is 0 Å². The Morgan fingerprint density at radius 1 is 1.67 bits per heavy atom. The van der Waals surface area contributed by atoms with Crippen molar-refractivity contribution < 1.29 is 13.5 Å². The number of nitriles is 1. The third-order valence-corrected chi connectivity index (χ3v) is 2.78. The molecule has 1 aromatic rings. The molecule has 80 valence electrons. The zero-order chi connectivity index (χ0) is 11.4. The predicted molar refractivity (Wildman–Crippen MR) is 57.8 cm³/mol. The summed E-state index contributed by atoms with van der Waals surface area (Å²) >= 11 is 1.75. The van der Waals surface area contributed by atoms with Gasteiger partial charge in [-0.15, -0.1) is 0 Å². The zero-order valence-electron chi connectivity index (χ0n) is 7.80. The molecule has 0 atom stereocenters. The van der Waals surface area contributed by atoms with Gasteiger partial charge in [-0.1, -0.05) is 0 Å². The molecule has 1 heterocycles. The molecular formula is C9H7F2IN2O. The molecule has 0 aliphatic carbocycles. The number of alkyl halides is 2. The van der Waals surface area contributed by atoms with E-state index in [0.717, 1.165) is 0 Å². The molecule has 0 N–H and O–H groups in total. The number of hydrogen-bond acceptors (Lipinski definition) is 3. The number of hydrogen-bond donors (Lipinski definition) is 0. The van der Waals surface area contributed by atoms with E-state index in [1.807, 2.05) is 6.07 Å². The minimum atomic E-state index is -2.59. The van der Waals surface area contributed by atoms with Gasteiger partial charge in [-0.25, -0.2) is 13.8 Å². The maximum Gasteiger partial charge on any atom is 0.265 e. The van der Waals surface area contributed by atoms with E-state index in [1.165, 1.54) is 13.2 Å². The van der Waals surface area contributed by atoms with Crippen molar-refractivity contribution in [1.29, 1.82) is 5.26 Å². The average Bonchev–Trinajstić information content (AvgIpc) is 2.20. The van der Waals surface area contributed by atoms with Crippen molar-refractivity contribution in [2.24, 2.45) is 0 Å². The van der Waals surface area contributed by atoms with Crippen LogP contribution in [0.2, 0.25) is 0 Å². The summed E-state index contributed by atoms with van der Waals surface area (Å²) in [5.74, 6) is 0.138. The molecule has 1 rings (SSSR count). The summed E-state index contributed by atoms with van der Waals surface area (Å²) in [5, 5.41) is 8.46. The molecule has 1 aromatic heterocycles. The number of pyridine rings is 1. The van der Waals surface area contributed by atoms with Gasteiger partial charge in [-0.2, -0.15) is 5.26 Å².